The van der Waals surface area contributed by atoms with Crippen molar-refractivity contribution in [3.05, 3.63) is 83.8 Å². The predicted molar refractivity (Wildman–Crippen MR) is 111 cm³/mol. The highest BCUT2D eigenvalue weighted by molar-refractivity contribution is 7.98. The Morgan fingerprint density at radius 2 is 1.97 bits per heavy atom. The molecule has 0 saturated heterocycles. The molecule has 4 rings (SSSR count). The molecule has 0 aliphatic carbocycles. The molecule has 2 heterocycles. The van der Waals surface area contributed by atoms with E-state index in [1.807, 2.05) is 59.2 Å². The summed E-state index contributed by atoms with van der Waals surface area (Å²) in [4.78, 5) is 0. The van der Waals surface area contributed by atoms with E-state index in [1.165, 1.54) is 0 Å². The van der Waals surface area contributed by atoms with Crippen LogP contribution in [-0.4, -0.2) is 21.9 Å². The molecule has 6 nitrogen and oxygen atoms in total. The van der Waals surface area contributed by atoms with Gasteiger partial charge >= 0.3 is 0 Å². The fourth-order valence-electron chi connectivity index (χ4n) is 2.93. The first kappa shape index (κ1) is 18.8. The zero-order valence-electron chi connectivity index (χ0n) is 15.8. The van der Waals surface area contributed by atoms with Gasteiger partial charge in [0.05, 0.1) is 31.6 Å². The molecule has 29 heavy (non-hydrogen) atoms. The van der Waals surface area contributed by atoms with Gasteiger partial charge in [0, 0.05) is 11.3 Å². The van der Waals surface area contributed by atoms with Crippen LogP contribution in [0.5, 0.6) is 5.75 Å². The molecule has 0 N–H and O–H groups in total. The first-order chi connectivity index (χ1) is 14.3. The first-order valence-electron chi connectivity index (χ1n) is 8.98. The van der Waals surface area contributed by atoms with E-state index in [4.69, 9.17) is 14.4 Å². The highest BCUT2D eigenvalue weighted by Crippen LogP contribution is 2.28. The molecule has 0 bridgehead atoms. The molecule has 0 aliphatic rings. The number of hydrogen-bond acceptors (Lipinski definition) is 6. The molecule has 0 radical (unpaired) electrons. The number of thioether (sulfide) groups is 1. The lowest BCUT2D eigenvalue weighted by Gasteiger charge is -2.09. The van der Waals surface area contributed by atoms with Crippen LogP contribution in [0.4, 0.5) is 0 Å². The van der Waals surface area contributed by atoms with E-state index >= 15 is 0 Å². The maximum absolute atomic E-state index is 9.10. The second kappa shape index (κ2) is 8.67. The van der Waals surface area contributed by atoms with E-state index in [0.717, 1.165) is 33.6 Å². The van der Waals surface area contributed by atoms with Gasteiger partial charge in [0.1, 0.15) is 11.5 Å². The van der Waals surface area contributed by atoms with Crippen LogP contribution in [0, 0.1) is 11.3 Å². The average molecular weight is 402 g/mol. The lowest BCUT2D eigenvalue weighted by molar-refractivity contribution is 0.415. The summed E-state index contributed by atoms with van der Waals surface area (Å²) < 4.78 is 12.8. The maximum Gasteiger partial charge on any atom is 0.192 e. The van der Waals surface area contributed by atoms with Crippen molar-refractivity contribution in [2.24, 2.45) is 0 Å². The smallest absolute Gasteiger partial charge is 0.192 e. The van der Waals surface area contributed by atoms with Crippen LogP contribution in [0.15, 0.2) is 76.5 Å². The molecular weight excluding hydrogens is 384 g/mol. The van der Waals surface area contributed by atoms with Gasteiger partial charge in [-0.1, -0.05) is 23.9 Å². The average Bonchev–Trinajstić information content (AvgIpc) is 3.43. The van der Waals surface area contributed by atoms with Crippen molar-refractivity contribution in [2.75, 3.05) is 7.11 Å². The summed E-state index contributed by atoms with van der Waals surface area (Å²) in [6.45, 7) is 0.530. The third-order valence-corrected chi connectivity index (χ3v) is 5.42. The normalized spacial score (nSPS) is 10.6. The Kier molecular flexibility index (Phi) is 5.63. The molecule has 7 heteroatoms. The van der Waals surface area contributed by atoms with Gasteiger partial charge in [-0.15, -0.1) is 10.2 Å². The SMILES string of the molecule is COc1ccc(-c2nnc(SCc3cccc(C#N)c3)n2Cc2ccco2)cc1. The van der Waals surface area contributed by atoms with Crippen LogP contribution >= 0.6 is 11.8 Å². The number of benzene rings is 2. The predicted octanol–water partition coefficient (Wildman–Crippen LogP) is 4.76. The van der Waals surface area contributed by atoms with Crippen molar-refractivity contribution < 1.29 is 9.15 Å². The molecule has 2 aromatic heterocycles. The molecule has 0 saturated carbocycles. The lowest BCUT2D eigenvalue weighted by Crippen LogP contribution is -2.03. The lowest BCUT2D eigenvalue weighted by atomic mass is 10.2. The Bertz CT molecular complexity index is 1130. The highest BCUT2D eigenvalue weighted by atomic mass is 32.2. The first-order valence-corrected chi connectivity index (χ1v) is 9.97. The van der Waals surface area contributed by atoms with Gasteiger partial charge in [-0.25, -0.2) is 0 Å². The van der Waals surface area contributed by atoms with Gasteiger partial charge < -0.3 is 9.15 Å². The molecule has 0 fully saturated rings. The summed E-state index contributed by atoms with van der Waals surface area (Å²) in [5.41, 5.74) is 2.66. The minimum atomic E-state index is 0.530. The second-order valence-corrected chi connectivity index (χ2v) is 7.24. The zero-order valence-corrected chi connectivity index (χ0v) is 16.6. The molecule has 4 aromatic rings. The minimum absolute atomic E-state index is 0.530. The van der Waals surface area contributed by atoms with Crippen LogP contribution in [0.3, 0.4) is 0 Å². The summed E-state index contributed by atoms with van der Waals surface area (Å²) in [7, 11) is 1.64. The third-order valence-electron chi connectivity index (χ3n) is 4.38. The van der Waals surface area contributed by atoms with Gasteiger partial charge in [0.2, 0.25) is 0 Å². The molecule has 0 amide bonds. The van der Waals surface area contributed by atoms with Crippen molar-refractivity contribution >= 4 is 11.8 Å². The van der Waals surface area contributed by atoms with Crippen LogP contribution in [0.1, 0.15) is 16.9 Å². The van der Waals surface area contributed by atoms with E-state index in [2.05, 4.69) is 16.3 Å². The number of hydrogen-bond donors (Lipinski definition) is 0. The van der Waals surface area contributed by atoms with Gasteiger partial charge in [-0.2, -0.15) is 5.26 Å². The summed E-state index contributed by atoms with van der Waals surface area (Å²) in [6.07, 6.45) is 1.66. The van der Waals surface area contributed by atoms with Gasteiger partial charge in [-0.05, 0) is 54.1 Å². The van der Waals surface area contributed by atoms with Crippen LogP contribution in [0.2, 0.25) is 0 Å². The Morgan fingerprint density at radius 1 is 1.10 bits per heavy atom. The number of rotatable bonds is 7. The van der Waals surface area contributed by atoms with Crippen LogP contribution in [-0.2, 0) is 12.3 Å². The number of methoxy groups -OCH3 is 1. The molecular formula is C22H18N4O2S. The second-order valence-electron chi connectivity index (χ2n) is 6.30. The monoisotopic (exact) mass is 402 g/mol. The van der Waals surface area contributed by atoms with Crippen molar-refractivity contribution in [2.45, 2.75) is 17.5 Å². The minimum Gasteiger partial charge on any atom is -0.497 e. The standard InChI is InChI=1S/C22H18N4O2S/c1-27-19-9-7-18(8-10-19)21-24-25-22(26(21)14-20-6-3-11-28-20)29-15-17-5-2-4-16(12-17)13-23/h2-12H,14-15H2,1H3. The Labute approximate surface area is 172 Å². The van der Waals surface area contributed by atoms with Gasteiger partial charge in [0.15, 0.2) is 11.0 Å². The fraction of sp³-hybridized carbons (Fsp3) is 0.136. The molecule has 0 aliphatic heterocycles. The highest BCUT2D eigenvalue weighted by Gasteiger charge is 2.16. The molecule has 144 valence electrons. The molecule has 0 spiro atoms. The van der Waals surface area contributed by atoms with Crippen molar-refractivity contribution in [1.29, 1.82) is 5.26 Å². The molecule has 2 aromatic carbocycles. The van der Waals surface area contributed by atoms with E-state index in [0.29, 0.717) is 17.9 Å². The van der Waals surface area contributed by atoms with E-state index in [-0.39, 0.29) is 0 Å². The molecule has 0 unspecified atom stereocenters. The third kappa shape index (κ3) is 4.33. The van der Waals surface area contributed by atoms with Gasteiger partial charge in [-0.3, -0.25) is 4.57 Å². The summed E-state index contributed by atoms with van der Waals surface area (Å²) in [5, 5.41) is 18.7. The maximum atomic E-state index is 9.10. The Hall–Kier alpha value is -3.50. The summed E-state index contributed by atoms with van der Waals surface area (Å²) in [6, 6.07) is 21.3. The largest absolute Gasteiger partial charge is 0.497 e. The number of ether oxygens (including phenoxy) is 1. The van der Waals surface area contributed by atoms with Crippen molar-refractivity contribution in [3.8, 4) is 23.2 Å². The Balaban J connectivity index is 1.63. The molecule has 0 atom stereocenters. The van der Waals surface area contributed by atoms with Crippen LogP contribution in [0.25, 0.3) is 11.4 Å². The number of aromatic nitrogens is 3. The quantitative estimate of drug-likeness (QED) is 0.415. The zero-order chi connectivity index (χ0) is 20.1. The van der Waals surface area contributed by atoms with E-state index in [9.17, 15) is 0 Å². The topological polar surface area (TPSA) is 76.9 Å². The van der Waals surface area contributed by atoms with Crippen LogP contribution < -0.4 is 4.74 Å². The fourth-order valence-corrected chi connectivity index (χ4v) is 3.81. The van der Waals surface area contributed by atoms with E-state index in [1.54, 1.807) is 31.2 Å². The van der Waals surface area contributed by atoms with Crippen molar-refractivity contribution in [1.82, 2.24) is 14.8 Å². The number of nitriles is 1. The Morgan fingerprint density at radius 3 is 2.69 bits per heavy atom. The van der Waals surface area contributed by atoms with Crippen molar-refractivity contribution in [3.63, 3.8) is 0 Å². The van der Waals surface area contributed by atoms with Gasteiger partial charge in [0.25, 0.3) is 0 Å². The van der Waals surface area contributed by atoms with E-state index < -0.39 is 0 Å². The number of nitrogens with zero attached hydrogens (tertiary/aromatic N) is 4. The summed E-state index contributed by atoms with van der Waals surface area (Å²) >= 11 is 1.58. The number of furan rings is 1. The summed E-state index contributed by atoms with van der Waals surface area (Å²) in [5.74, 6) is 3.07.